The predicted molar refractivity (Wildman–Crippen MR) is 215 cm³/mol. The molecule has 2 bridgehead atoms. The van der Waals surface area contributed by atoms with E-state index in [9.17, 15) is 44.4 Å². The standard InChI is InChI=1S/C44H55NO13S/c1-7-8-15-20-59-40(53)45-32(26-16-11-9-12-17-26)34(49)39(52)56-28-22-44(54)37(57-38(51)27-18-13-10-14-19-27)35-42(6,36(50)33(48)31(24(28)2)41(44,4)5)29(47)21-30-43(35,23-55-30)58-25(3)46/h9-14,16-19,28-30,32-35,37,47-49,54H,7-8,15,20-23H2,1-6H3,(H,45,53)/t28-,29-,30+,32-,33+,34+,35-,37-,42+,43-,44+/m0/s1. The van der Waals surface area contributed by atoms with Crippen molar-refractivity contribution in [3.63, 3.8) is 0 Å². The molecule has 1 aliphatic heterocycles. The Hall–Kier alpha value is -4.12. The van der Waals surface area contributed by atoms with Gasteiger partial charge in [-0.3, -0.25) is 14.4 Å². The highest BCUT2D eigenvalue weighted by atomic mass is 32.2. The van der Waals surface area contributed by atoms with Crippen LogP contribution >= 0.6 is 11.8 Å². The van der Waals surface area contributed by atoms with Gasteiger partial charge in [0.05, 0.1) is 35.6 Å². The van der Waals surface area contributed by atoms with Crippen molar-refractivity contribution < 1.29 is 63.3 Å². The molecule has 0 unspecified atom stereocenters. The number of amides is 1. The Labute approximate surface area is 348 Å². The maximum absolute atomic E-state index is 15.0. The number of ketones is 1. The normalized spacial score (nSPS) is 33.1. The molecular weight excluding hydrogens is 783 g/mol. The first-order valence-corrected chi connectivity index (χ1v) is 21.1. The molecule has 0 spiro atoms. The second kappa shape index (κ2) is 17.1. The number of benzene rings is 2. The number of esters is 3. The maximum atomic E-state index is 15.0. The third kappa shape index (κ3) is 7.74. The van der Waals surface area contributed by atoms with E-state index in [-0.39, 0.29) is 29.7 Å². The summed E-state index contributed by atoms with van der Waals surface area (Å²) >= 11 is 1.03. The van der Waals surface area contributed by atoms with Crippen molar-refractivity contribution in [3.05, 3.63) is 82.9 Å². The monoisotopic (exact) mass is 837 g/mol. The van der Waals surface area contributed by atoms with Crippen LogP contribution in [0.2, 0.25) is 0 Å². The van der Waals surface area contributed by atoms with Crippen molar-refractivity contribution in [2.45, 2.75) is 128 Å². The molecule has 1 heterocycles. The van der Waals surface area contributed by atoms with Crippen molar-refractivity contribution in [2.75, 3.05) is 12.4 Å². The Balaban J connectivity index is 1.45. The van der Waals surface area contributed by atoms with Gasteiger partial charge in [0.2, 0.25) is 0 Å². The van der Waals surface area contributed by atoms with Crippen LogP contribution < -0.4 is 5.32 Å². The highest BCUT2D eigenvalue weighted by Gasteiger charge is 2.78. The first-order chi connectivity index (χ1) is 27.8. The molecule has 2 aromatic carbocycles. The average molecular weight is 838 g/mol. The van der Waals surface area contributed by atoms with Crippen molar-refractivity contribution in [1.29, 1.82) is 0 Å². The number of thioether (sulfide) groups is 1. The SMILES string of the molecule is CCCCCSC(=O)N[C@@H](c1ccccc1)[C@@H](O)C(=O)O[C@H]1C[C@@]2(O)[C@@H](OC(=O)c3ccccc3)[C@@H]3[C@]4(OC(C)=O)CO[C@@H]4C[C@H](O)[C@@]3(C)C(=O)[C@H](O)C(=C1C)C2(C)C. The van der Waals surface area contributed by atoms with Crippen LogP contribution in [0.1, 0.15) is 95.6 Å². The lowest BCUT2D eigenvalue weighted by Crippen LogP contribution is -2.81. The minimum absolute atomic E-state index is 0.0407. The summed E-state index contributed by atoms with van der Waals surface area (Å²) in [6.45, 7) is 8.99. The van der Waals surface area contributed by atoms with E-state index >= 15 is 0 Å². The van der Waals surface area contributed by atoms with Gasteiger partial charge in [-0.2, -0.15) is 0 Å². The number of aliphatic hydroxyl groups excluding tert-OH is 3. The van der Waals surface area contributed by atoms with E-state index in [1.165, 1.54) is 26.0 Å². The van der Waals surface area contributed by atoms with E-state index in [4.69, 9.17) is 18.9 Å². The van der Waals surface area contributed by atoms with Gasteiger partial charge in [-0.25, -0.2) is 9.59 Å². The third-order valence-electron chi connectivity index (χ3n) is 13.1. The van der Waals surface area contributed by atoms with Crippen LogP contribution in [-0.2, 0) is 33.3 Å². The molecule has 59 heavy (non-hydrogen) atoms. The number of hydrogen-bond donors (Lipinski definition) is 5. The van der Waals surface area contributed by atoms with Gasteiger partial charge in [-0.05, 0) is 49.1 Å². The van der Waals surface area contributed by atoms with E-state index in [2.05, 4.69) is 5.32 Å². The fraction of sp³-hybridized carbons (Fsp3) is 0.568. The summed E-state index contributed by atoms with van der Waals surface area (Å²) in [5.74, 6) is -4.71. The van der Waals surface area contributed by atoms with E-state index in [0.717, 1.165) is 37.9 Å². The molecule has 2 saturated carbocycles. The van der Waals surface area contributed by atoms with Gasteiger partial charge >= 0.3 is 17.9 Å². The Bertz CT molecular complexity index is 1960. The predicted octanol–water partition coefficient (Wildman–Crippen LogP) is 4.37. The summed E-state index contributed by atoms with van der Waals surface area (Å²) in [4.78, 5) is 69.1. The quantitative estimate of drug-likeness (QED) is 0.0870. The molecule has 14 nitrogen and oxygen atoms in total. The first kappa shape index (κ1) is 44.4. The zero-order valence-corrected chi connectivity index (χ0v) is 35.0. The van der Waals surface area contributed by atoms with Crippen LogP contribution in [0.5, 0.6) is 0 Å². The van der Waals surface area contributed by atoms with Crippen LogP contribution in [0.15, 0.2) is 71.8 Å². The number of Topliss-reactive ketones (excluding diaryl/α,β-unsaturated/α-hetero) is 1. The fourth-order valence-corrected chi connectivity index (χ4v) is 10.6. The first-order valence-electron chi connectivity index (χ1n) is 20.1. The zero-order valence-electron chi connectivity index (χ0n) is 34.2. The van der Waals surface area contributed by atoms with Crippen LogP contribution in [0, 0.1) is 16.7 Å². The maximum Gasteiger partial charge on any atom is 0.338 e. The van der Waals surface area contributed by atoms with Gasteiger partial charge in [-0.1, -0.05) is 93.9 Å². The molecule has 5 N–H and O–H groups in total. The number of hydrogen-bond acceptors (Lipinski definition) is 14. The van der Waals surface area contributed by atoms with Gasteiger partial charge in [-0.15, -0.1) is 0 Å². The Morgan fingerprint density at radius 3 is 2.22 bits per heavy atom. The lowest BCUT2D eigenvalue weighted by Gasteiger charge is -2.67. The van der Waals surface area contributed by atoms with Crippen LogP contribution in [0.4, 0.5) is 4.79 Å². The summed E-state index contributed by atoms with van der Waals surface area (Å²) in [5, 5.41) is 51.4. The highest BCUT2D eigenvalue weighted by molar-refractivity contribution is 8.13. The molecule has 15 heteroatoms. The lowest BCUT2D eigenvalue weighted by atomic mass is 9.44. The van der Waals surface area contributed by atoms with Crippen molar-refractivity contribution in [1.82, 2.24) is 5.32 Å². The van der Waals surface area contributed by atoms with Gasteiger partial charge in [0.25, 0.3) is 5.24 Å². The minimum Gasteiger partial charge on any atom is -0.456 e. The van der Waals surface area contributed by atoms with E-state index in [1.807, 2.05) is 6.92 Å². The average Bonchev–Trinajstić information content (AvgIpc) is 3.20. The largest absolute Gasteiger partial charge is 0.456 e. The molecule has 2 aromatic rings. The highest BCUT2D eigenvalue weighted by Crippen LogP contribution is 2.64. The molecular formula is C44H55NO13S. The number of ether oxygens (including phenoxy) is 4. The number of fused-ring (bicyclic) bond motifs is 5. The molecule has 11 atom stereocenters. The summed E-state index contributed by atoms with van der Waals surface area (Å²) < 4.78 is 24.2. The molecule has 6 rings (SSSR count). The Morgan fingerprint density at radius 2 is 1.63 bits per heavy atom. The molecule has 3 fully saturated rings. The van der Waals surface area contributed by atoms with Gasteiger partial charge in [0.15, 0.2) is 17.5 Å². The second-order valence-corrected chi connectivity index (χ2v) is 18.0. The Kier molecular flexibility index (Phi) is 12.9. The molecule has 320 valence electrons. The fourth-order valence-electron chi connectivity index (χ4n) is 9.81. The number of unbranched alkanes of at least 4 members (excludes halogenated alkanes) is 2. The van der Waals surface area contributed by atoms with Crippen molar-refractivity contribution in [3.8, 4) is 0 Å². The van der Waals surface area contributed by atoms with E-state index in [1.54, 1.807) is 62.4 Å². The Morgan fingerprint density at radius 1 is 0.983 bits per heavy atom. The topological polar surface area (TPSA) is 215 Å². The number of nitrogens with one attached hydrogen (secondary N) is 1. The molecule has 0 aromatic heterocycles. The minimum atomic E-state index is -2.33. The molecule has 1 saturated heterocycles. The van der Waals surface area contributed by atoms with Gasteiger partial charge in [0.1, 0.15) is 30.0 Å². The molecule has 0 radical (unpaired) electrons. The van der Waals surface area contributed by atoms with E-state index < -0.39 is 106 Å². The van der Waals surface area contributed by atoms with Gasteiger partial charge in [0, 0.05) is 30.9 Å². The lowest BCUT2D eigenvalue weighted by molar-refractivity contribution is -0.346. The van der Waals surface area contributed by atoms with Crippen LogP contribution in [0.25, 0.3) is 0 Å². The number of aliphatic hydroxyl groups is 4. The second-order valence-electron chi connectivity index (χ2n) is 16.9. The third-order valence-corrected chi connectivity index (χ3v) is 14.0. The summed E-state index contributed by atoms with van der Waals surface area (Å²) in [5.41, 5.74) is -7.01. The number of carbonyl (C=O) groups is 5. The molecule has 3 aliphatic carbocycles. The smallest absolute Gasteiger partial charge is 0.338 e. The zero-order chi connectivity index (χ0) is 43.1. The van der Waals surface area contributed by atoms with E-state index in [0.29, 0.717) is 11.3 Å². The molecule has 4 aliphatic rings. The van der Waals surface area contributed by atoms with Crippen molar-refractivity contribution >= 4 is 40.7 Å². The number of carbonyl (C=O) groups excluding carboxylic acids is 5. The summed E-state index contributed by atoms with van der Waals surface area (Å²) in [6.07, 6.45) is -7.64. The summed E-state index contributed by atoms with van der Waals surface area (Å²) in [7, 11) is 0. The summed E-state index contributed by atoms with van der Waals surface area (Å²) in [6, 6.07) is 15.1. The van der Waals surface area contributed by atoms with Crippen molar-refractivity contribution in [2.24, 2.45) is 16.7 Å². The van der Waals surface area contributed by atoms with Crippen LogP contribution in [0.3, 0.4) is 0 Å². The number of rotatable bonds is 12. The van der Waals surface area contributed by atoms with Crippen LogP contribution in [-0.4, -0.2) is 110 Å². The van der Waals surface area contributed by atoms with Gasteiger partial charge < -0.3 is 44.7 Å². The molecule has 1 amide bonds.